The SMILES string of the molecule is Cc1cc(CN2CC[C@H](F)C2)c2[nH]nc(-c3cccc(C4(Cc5nncn5C)COC4)c3)c2n1. The van der Waals surface area contributed by atoms with Crippen LogP contribution in [0.2, 0.25) is 0 Å². The number of aromatic nitrogens is 6. The first-order valence-corrected chi connectivity index (χ1v) is 11.7. The number of H-pyrrole nitrogens is 1. The molecule has 9 heteroatoms. The summed E-state index contributed by atoms with van der Waals surface area (Å²) in [6, 6.07) is 10.6. The predicted octanol–water partition coefficient (Wildman–Crippen LogP) is 3.12. The molecular weight excluding hydrogens is 433 g/mol. The van der Waals surface area contributed by atoms with Crippen LogP contribution in [0.25, 0.3) is 22.3 Å². The van der Waals surface area contributed by atoms with Crippen molar-refractivity contribution in [1.82, 2.24) is 34.8 Å². The zero-order valence-corrected chi connectivity index (χ0v) is 19.5. The number of likely N-dealkylation sites (tertiary alicyclic amines) is 1. The van der Waals surface area contributed by atoms with E-state index in [4.69, 9.17) is 9.72 Å². The molecule has 34 heavy (non-hydrogen) atoms. The molecule has 5 heterocycles. The second kappa shape index (κ2) is 8.25. The molecule has 2 saturated heterocycles. The summed E-state index contributed by atoms with van der Waals surface area (Å²) in [5, 5.41) is 16.2. The first-order chi connectivity index (χ1) is 16.5. The van der Waals surface area contributed by atoms with Gasteiger partial charge in [-0.2, -0.15) is 5.10 Å². The van der Waals surface area contributed by atoms with Crippen molar-refractivity contribution in [2.24, 2.45) is 7.05 Å². The molecule has 0 amide bonds. The molecule has 2 fully saturated rings. The smallest absolute Gasteiger partial charge is 0.133 e. The third kappa shape index (κ3) is 3.69. The molecule has 6 rings (SSSR count). The maximum Gasteiger partial charge on any atom is 0.133 e. The predicted molar refractivity (Wildman–Crippen MR) is 126 cm³/mol. The van der Waals surface area contributed by atoms with Gasteiger partial charge in [-0.05, 0) is 36.6 Å². The fourth-order valence-electron chi connectivity index (χ4n) is 5.18. The Balaban J connectivity index is 1.36. The Kier molecular flexibility index (Phi) is 5.18. The molecule has 4 aromatic rings. The van der Waals surface area contributed by atoms with Gasteiger partial charge in [0.2, 0.25) is 0 Å². The molecule has 0 bridgehead atoms. The van der Waals surface area contributed by atoms with Crippen LogP contribution in [-0.4, -0.2) is 67.3 Å². The average Bonchev–Trinajstić information content (AvgIpc) is 3.51. The number of hydrogen-bond donors (Lipinski definition) is 1. The zero-order valence-electron chi connectivity index (χ0n) is 19.5. The summed E-state index contributed by atoms with van der Waals surface area (Å²) in [5.74, 6) is 0.943. The number of pyridine rings is 1. The molecule has 176 valence electrons. The fraction of sp³-hybridized carbons (Fsp3) is 0.440. The molecule has 1 N–H and O–H groups in total. The van der Waals surface area contributed by atoms with Crippen molar-refractivity contribution in [2.75, 3.05) is 26.3 Å². The lowest BCUT2D eigenvalue weighted by molar-refractivity contribution is -0.0611. The van der Waals surface area contributed by atoms with Gasteiger partial charge in [-0.25, -0.2) is 9.37 Å². The molecule has 0 unspecified atom stereocenters. The van der Waals surface area contributed by atoms with Crippen LogP contribution in [0.5, 0.6) is 0 Å². The number of halogens is 1. The van der Waals surface area contributed by atoms with Gasteiger partial charge in [-0.3, -0.25) is 10.00 Å². The van der Waals surface area contributed by atoms with Gasteiger partial charge in [-0.1, -0.05) is 18.2 Å². The quantitative estimate of drug-likeness (QED) is 0.475. The minimum atomic E-state index is -0.733. The van der Waals surface area contributed by atoms with Crippen LogP contribution >= 0.6 is 0 Å². The highest BCUT2D eigenvalue weighted by Gasteiger charge is 2.42. The van der Waals surface area contributed by atoms with Gasteiger partial charge in [0.15, 0.2) is 0 Å². The van der Waals surface area contributed by atoms with Crippen LogP contribution in [-0.2, 0) is 30.2 Å². The molecule has 0 saturated carbocycles. The second-order valence-corrected chi connectivity index (χ2v) is 9.73. The Morgan fingerprint density at radius 2 is 2.15 bits per heavy atom. The van der Waals surface area contributed by atoms with Crippen LogP contribution in [0.1, 0.15) is 29.1 Å². The van der Waals surface area contributed by atoms with Crippen molar-refractivity contribution >= 4 is 11.0 Å². The highest BCUT2D eigenvalue weighted by molar-refractivity contribution is 5.91. The Morgan fingerprint density at radius 1 is 1.26 bits per heavy atom. The Morgan fingerprint density at radius 3 is 2.85 bits per heavy atom. The number of alkyl halides is 1. The van der Waals surface area contributed by atoms with Crippen molar-refractivity contribution in [2.45, 2.75) is 37.9 Å². The van der Waals surface area contributed by atoms with E-state index in [1.165, 1.54) is 5.56 Å². The lowest BCUT2D eigenvalue weighted by atomic mass is 9.75. The Hall–Kier alpha value is -3.17. The highest BCUT2D eigenvalue weighted by Crippen LogP contribution is 2.38. The first-order valence-electron chi connectivity index (χ1n) is 11.7. The third-order valence-corrected chi connectivity index (χ3v) is 7.15. The minimum absolute atomic E-state index is 0.129. The average molecular weight is 462 g/mol. The third-order valence-electron chi connectivity index (χ3n) is 7.15. The molecule has 0 radical (unpaired) electrons. The van der Waals surface area contributed by atoms with Crippen molar-refractivity contribution in [1.29, 1.82) is 0 Å². The molecule has 3 aromatic heterocycles. The summed E-state index contributed by atoms with van der Waals surface area (Å²) in [6.45, 7) is 5.26. The monoisotopic (exact) mass is 461 g/mol. The second-order valence-electron chi connectivity index (χ2n) is 9.73. The number of aromatic amines is 1. The van der Waals surface area contributed by atoms with Crippen molar-refractivity contribution in [3.63, 3.8) is 0 Å². The van der Waals surface area contributed by atoms with E-state index in [9.17, 15) is 4.39 Å². The van der Waals surface area contributed by atoms with Crippen molar-refractivity contribution < 1.29 is 9.13 Å². The summed E-state index contributed by atoms with van der Waals surface area (Å²) >= 11 is 0. The van der Waals surface area contributed by atoms with Crippen molar-refractivity contribution in [3.8, 4) is 11.3 Å². The summed E-state index contributed by atoms with van der Waals surface area (Å²) in [5.41, 5.74) is 6.75. The number of ether oxygens (including phenoxy) is 1. The number of nitrogens with zero attached hydrogens (tertiary/aromatic N) is 6. The maximum atomic E-state index is 13.7. The molecule has 2 aliphatic rings. The molecular formula is C25H28FN7O. The number of nitrogens with one attached hydrogen (secondary N) is 1. The van der Waals surface area contributed by atoms with Crippen LogP contribution < -0.4 is 0 Å². The number of benzene rings is 1. The highest BCUT2D eigenvalue weighted by atomic mass is 19.1. The van der Waals surface area contributed by atoms with Gasteiger partial charge in [0, 0.05) is 49.8 Å². The number of hydrogen-bond acceptors (Lipinski definition) is 6. The zero-order chi connectivity index (χ0) is 23.3. The molecule has 8 nitrogen and oxygen atoms in total. The largest absolute Gasteiger partial charge is 0.379 e. The Labute approximate surface area is 197 Å². The van der Waals surface area contributed by atoms with Gasteiger partial charge in [-0.15, -0.1) is 10.2 Å². The standard InChI is InChI=1S/C25H28FN7O/c1-16-8-18(11-33-7-6-20(26)12-33)23-24(28-16)22(30-31-23)17-4-3-5-19(9-17)25(13-34-14-25)10-21-29-27-15-32(21)2/h3-5,8-9,15,20H,6-7,10-14H2,1-2H3,(H,30,31)/t20-/m0/s1. The van der Waals surface area contributed by atoms with Crippen LogP contribution in [0.15, 0.2) is 36.7 Å². The lowest BCUT2D eigenvalue weighted by Gasteiger charge is -2.41. The van der Waals surface area contributed by atoms with E-state index in [0.29, 0.717) is 32.7 Å². The normalized spacial score (nSPS) is 20.1. The van der Waals surface area contributed by atoms with Gasteiger partial charge >= 0.3 is 0 Å². The van der Waals surface area contributed by atoms with Crippen LogP contribution in [0.3, 0.4) is 0 Å². The van der Waals surface area contributed by atoms with E-state index in [0.717, 1.165) is 52.3 Å². The molecule has 1 atom stereocenters. The van der Waals surface area contributed by atoms with Gasteiger partial charge < -0.3 is 9.30 Å². The summed E-state index contributed by atoms with van der Waals surface area (Å²) in [4.78, 5) is 6.99. The molecule has 0 aliphatic carbocycles. The minimum Gasteiger partial charge on any atom is -0.379 e. The van der Waals surface area contributed by atoms with Gasteiger partial charge in [0.1, 0.15) is 29.5 Å². The molecule has 2 aliphatic heterocycles. The molecule has 0 spiro atoms. The van der Waals surface area contributed by atoms with Gasteiger partial charge in [0.25, 0.3) is 0 Å². The van der Waals surface area contributed by atoms with E-state index < -0.39 is 6.17 Å². The maximum absolute atomic E-state index is 13.7. The number of rotatable bonds is 6. The summed E-state index contributed by atoms with van der Waals surface area (Å²) in [7, 11) is 1.97. The topological polar surface area (TPSA) is 84.8 Å². The van der Waals surface area contributed by atoms with E-state index in [2.05, 4.69) is 55.6 Å². The molecule has 1 aromatic carbocycles. The summed E-state index contributed by atoms with van der Waals surface area (Å²) in [6.07, 6.45) is 2.37. The number of aryl methyl sites for hydroxylation is 2. The van der Waals surface area contributed by atoms with Crippen LogP contribution in [0.4, 0.5) is 4.39 Å². The van der Waals surface area contributed by atoms with E-state index in [1.54, 1.807) is 6.33 Å². The van der Waals surface area contributed by atoms with Gasteiger partial charge in [0.05, 0.1) is 18.7 Å². The summed E-state index contributed by atoms with van der Waals surface area (Å²) < 4.78 is 21.3. The van der Waals surface area contributed by atoms with Crippen LogP contribution in [0, 0.1) is 6.92 Å². The lowest BCUT2D eigenvalue weighted by Crippen LogP contribution is -2.49. The first kappa shape index (κ1) is 21.4. The fourth-order valence-corrected chi connectivity index (χ4v) is 5.18. The Bertz CT molecular complexity index is 1340. The van der Waals surface area contributed by atoms with Crippen molar-refractivity contribution in [3.05, 3.63) is 59.3 Å². The van der Waals surface area contributed by atoms with E-state index >= 15 is 0 Å². The van der Waals surface area contributed by atoms with E-state index in [-0.39, 0.29) is 5.41 Å². The van der Waals surface area contributed by atoms with E-state index in [1.807, 2.05) is 18.5 Å². The number of fused-ring (bicyclic) bond motifs is 1.